The lowest BCUT2D eigenvalue weighted by Gasteiger charge is -2.19. The molecule has 0 N–H and O–H groups in total. The topological polar surface area (TPSA) is 53.4 Å². The SMILES string of the molecule is Cc1cn2c(nc1=O)O[C@H](COc1ccc(C(C)(C)C)cc1)C2. The number of nitrogens with zero attached hydrogens (tertiary/aromatic N) is 2. The molecule has 0 amide bonds. The van der Waals surface area contributed by atoms with Crippen LogP contribution in [0.1, 0.15) is 31.9 Å². The molecule has 0 aliphatic carbocycles. The predicted octanol–water partition coefficient (Wildman–Crippen LogP) is 2.69. The fraction of sp³-hybridized carbons (Fsp3) is 0.444. The summed E-state index contributed by atoms with van der Waals surface area (Å²) in [6.07, 6.45) is 1.65. The van der Waals surface area contributed by atoms with E-state index >= 15 is 0 Å². The van der Waals surface area contributed by atoms with Gasteiger partial charge in [0.25, 0.3) is 11.6 Å². The number of benzene rings is 1. The minimum atomic E-state index is -0.240. The number of rotatable bonds is 3. The van der Waals surface area contributed by atoms with E-state index in [1.807, 2.05) is 16.7 Å². The molecule has 0 saturated heterocycles. The van der Waals surface area contributed by atoms with Gasteiger partial charge in [-0.05, 0) is 30.0 Å². The smallest absolute Gasteiger partial charge is 0.300 e. The van der Waals surface area contributed by atoms with Gasteiger partial charge >= 0.3 is 0 Å². The van der Waals surface area contributed by atoms with E-state index in [0.717, 1.165) is 5.75 Å². The quantitative estimate of drug-likeness (QED) is 0.874. The predicted molar refractivity (Wildman–Crippen MR) is 88.3 cm³/mol. The van der Waals surface area contributed by atoms with Gasteiger partial charge in [0.2, 0.25) is 0 Å². The second kappa shape index (κ2) is 5.72. The van der Waals surface area contributed by atoms with E-state index in [0.29, 0.717) is 24.7 Å². The van der Waals surface area contributed by atoms with Crippen molar-refractivity contribution in [3.05, 3.63) is 51.9 Å². The highest BCUT2D eigenvalue weighted by Crippen LogP contribution is 2.25. The normalized spacial score (nSPS) is 16.8. The zero-order chi connectivity index (χ0) is 16.6. The van der Waals surface area contributed by atoms with Gasteiger partial charge in [-0.25, -0.2) is 0 Å². The molecule has 0 saturated carbocycles. The summed E-state index contributed by atoms with van der Waals surface area (Å²) in [7, 11) is 0. The van der Waals surface area contributed by atoms with Crippen molar-refractivity contribution < 1.29 is 9.47 Å². The van der Waals surface area contributed by atoms with Crippen LogP contribution in [0.15, 0.2) is 35.3 Å². The summed E-state index contributed by atoms with van der Waals surface area (Å²) >= 11 is 0. The summed E-state index contributed by atoms with van der Waals surface area (Å²) in [4.78, 5) is 15.5. The number of hydrogen-bond acceptors (Lipinski definition) is 4. The van der Waals surface area contributed by atoms with Crippen molar-refractivity contribution >= 4 is 0 Å². The highest BCUT2D eigenvalue weighted by Gasteiger charge is 2.24. The molecule has 1 aliphatic rings. The minimum absolute atomic E-state index is 0.130. The summed E-state index contributed by atoms with van der Waals surface area (Å²) in [6, 6.07) is 8.51. The molecule has 5 nitrogen and oxygen atoms in total. The van der Waals surface area contributed by atoms with Crippen molar-refractivity contribution in [3.8, 4) is 11.8 Å². The van der Waals surface area contributed by atoms with Gasteiger partial charge in [0, 0.05) is 11.8 Å². The number of aromatic nitrogens is 2. The van der Waals surface area contributed by atoms with Crippen molar-refractivity contribution in [2.45, 2.75) is 45.8 Å². The van der Waals surface area contributed by atoms with Crippen molar-refractivity contribution in [1.29, 1.82) is 0 Å². The molecule has 2 heterocycles. The first-order valence-corrected chi connectivity index (χ1v) is 7.81. The number of ether oxygens (including phenoxy) is 2. The second-order valence-corrected chi connectivity index (χ2v) is 6.99. The van der Waals surface area contributed by atoms with Gasteiger partial charge in [-0.1, -0.05) is 32.9 Å². The van der Waals surface area contributed by atoms with E-state index in [1.54, 1.807) is 13.1 Å². The lowest BCUT2D eigenvalue weighted by molar-refractivity contribution is 0.143. The van der Waals surface area contributed by atoms with E-state index in [2.05, 4.69) is 37.9 Å². The van der Waals surface area contributed by atoms with Gasteiger partial charge in [0.1, 0.15) is 12.4 Å². The maximum Gasteiger partial charge on any atom is 0.300 e. The molecule has 1 aromatic heterocycles. The highest BCUT2D eigenvalue weighted by atomic mass is 16.6. The van der Waals surface area contributed by atoms with Crippen LogP contribution in [0.3, 0.4) is 0 Å². The number of hydrogen-bond donors (Lipinski definition) is 0. The van der Waals surface area contributed by atoms with E-state index in [-0.39, 0.29) is 17.1 Å². The third-order valence-corrected chi connectivity index (χ3v) is 3.96. The van der Waals surface area contributed by atoms with Crippen molar-refractivity contribution in [2.75, 3.05) is 6.61 Å². The molecule has 0 fully saturated rings. The van der Waals surface area contributed by atoms with Crippen LogP contribution >= 0.6 is 0 Å². The monoisotopic (exact) mass is 314 g/mol. The standard InChI is InChI=1S/C18H22N2O3/c1-12-9-20-10-15(23-17(20)19-16(12)21)11-22-14-7-5-13(6-8-14)18(2,3)4/h5-9,15H,10-11H2,1-4H3/t15-/m0/s1. The van der Waals surface area contributed by atoms with Gasteiger partial charge in [-0.2, -0.15) is 4.98 Å². The van der Waals surface area contributed by atoms with Crippen LogP contribution < -0.4 is 15.0 Å². The van der Waals surface area contributed by atoms with Crippen molar-refractivity contribution in [3.63, 3.8) is 0 Å². The molecule has 0 spiro atoms. The molecule has 2 aromatic rings. The molecule has 1 atom stereocenters. The zero-order valence-electron chi connectivity index (χ0n) is 14.0. The molecule has 23 heavy (non-hydrogen) atoms. The first kappa shape index (κ1) is 15.6. The Morgan fingerprint density at radius 1 is 1.30 bits per heavy atom. The lowest BCUT2D eigenvalue weighted by Crippen LogP contribution is -2.23. The summed E-state index contributed by atoms with van der Waals surface area (Å²) in [5.41, 5.74) is 1.78. The fourth-order valence-electron chi connectivity index (χ4n) is 2.54. The van der Waals surface area contributed by atoms with Gasteiger partial charge in [-0.15, -0.1) is 0 Å². The van der Waals surface area contributed by atoms with Gasteiger partial charge in [0.05, 0.1) is 6.54 Å². The van der Waals surface area contributed by atoms with Crippen LogP contribution in [-0.2, 0) is 12.0 Å². The summed E-state index contributed by atoms with van der Waals surface area (Å²) in [6.45, 7) is 9.37. The maximum absolute atomic E-state index is 11.5. The summed E-state index contributed by atoms with van der Waals surface area (Å²) in [5, 5.41) is 0. The first-order valence-electron chi connectivity index (χ1n) is 7.81. The molecule has 0 bridgehead atoms. The Morgan fingerprint density at radius 2 is 2.00 bits per heavy atom. The zero-order valence-corrected chi connectivity index (χ0v) is 14.0. The Bertz CT molecular complexity index is 757. The van der Waals surface area contributed by atoms with Crippen molar-refractivity contribution in [2.24, 2.45) is 0 Å². The molecule has 3 rings (SSSR count). The van der Waals surface area contributed by atoms with E-state index < -0.39 is 0 Å². The van der Waals surface area contributed by atoms with Crippen LogP contribution in [0.4, 0.5) is 0 Å². The summed E-state index contributed by atoms with van der Waals surface area (Å²) in [5.74, 6) is 0.816. The maximum atomic E-state index is 11.5. The van der Waals surface area contributed by atoms with Gasteiger partial charge in [0.15, 0.2) is 6.10 Å². The van der Waals surface area contributed by atoms with Crippen LogP contribution in [-0.4, -0.2) is 22.3 Å². The van der Waals surface area contributed by atoms with Gasteiger partial charge < -0.3 is 9.47 Å². The van der Waals surface area contributed by atoms with Crippen LogP contribution in [0.5, 0.6) is 11.8 Å². The second-order valence-electron chi connectivity index (χ2n) is 6.99. The number of fused-ring (bicyclic) bond motifs is 1. The lowest BCUT2D eigenvalue weighted by atomic mass is 9.87. The Labute approximate surface area is 135 Å². The fourth-order valence-corrected chi connectivity index (χ4v) is 2.54. The first-order chi connectivity index (χ1) is 10.8. The molecule has 1 aliphatic heterocycles. The van der Waals surface area contributed by atoms with Crippen molar-refractivity contribution in [1.82, 2.24) is 9.55 Å². The Kier molecular flexibility index (Phi) is 3.88. The molecular weight excluding hydrogens is 292 g/mol. The molecule has 5 heteroatoms. The molecular formula is C18H22N2O3. The molecule has 0 radical (unpaired) electrons. The van der Waals surface area contributed by atoms with E-state index in [4.69, 9.17) is 9.47 Å². The molecule has 1 aromatic carbocycles. The molecule has 0 unspecified atom stereocenters. The highest BCUT2D eigenvalue weighted by molar-refractivity contribution is 5.31. The van der Waals surface area contributed by atoms with Crippen LogP contribution in [0.2, 0.25) is 0 Å². The van der Waals surface area contributed by atoms with E-state index in [9.17, 15) is 4.79 Å². The number of aryl methyl sites for hydroxylation is 1. The third-order valence-electron chi connectivity index (χ3n) is 3.96. The average molecular weight is 314 g/mol. The minimum Gasteiger partial charge on any atom is -0.490 e. The van der Waals surface area contributed by atoms with Crippen LogP contribution in [0.25, 0.3) is 0 Å². The van der Waals surface area contributed by atoms with Gasteiger partial charge in [-0.3, -0.25) is 9.36 Å². The summed E-state index contributed by atoms with van der Waals surface area (Å²) < 4.78 is 13.3. The third kappa shape index (κ3) is 3.38. The average Bonchev–Trinajstić information content (AvgIpc) is 2.87. The Hall–Kier alpha value is -2.30. The van der Waals surface area contributed by atoms with E-state index in [1.165, 1.54) is 5.56 Å². The van der Waals surface area contributed by atoms with Crippen LogP contribution in [0, 0.1) is 6.92 Å². The largest absolute Gasteiger partial charge is 0.490 e. The molecule has 122 valence electrons. The Balaban J connectivity index is 1.61. The Morgan fingerprint density at radius 3 is 2.65 bits per heavy atom.